The van der Waals surface area contributed by atoms with E-state index in [2.05, 4.69) is 0 Å². The largest absolute Gasteiger partial charge is 0.457 e. The zero-order valence-electron chi connectivity index (χ0n) is 16.7. The second-order valence-electron chi connectivity index (χ2n) is 7.04. The van der Waals surface area contributed by atoms with E-state index in [0.717, 1.165) is 10.8 Å². The van der Waals surface area contributed by atoms with Gasteiger partial charge in [0.15, 0.2) is 11.6 Å². The number of hydrogen-bond donors (Lipinski definition) is 0. The standard InChI is InChI=1S/C26H20O4/c1-17(27)19-3-9-23(10-4-19)29-25-13-7-22-16-26(14-8-21(22)15-25)30-24-11-5-20(6-12-24)18(2)28/h3-16H,1-2H3. The van der Waals surface area contributed by atoms with Crippen LogP contribution in [0.1, 0.15) is 34.6 Å². The maximum Gasteiger partial charge on any atom is 0.159 e. The lowest BCUT2D eigenvalue weighted by Crippen LogP contribution is -1.92. The highest BCUT2D eigenvalue weighted by atomic mass is 16.5. The third kappa shape index (κ3) is 4.39. The third-order valence-electron chi connectivity index (χ3n) is 4.78. The van der Waals surface area contributed by atoms with E-state index in [9.17, 15) is 9.59 Å². The lowest BCUT2D eigenvalue weighted by molar-refractivity contribution is 0.100. The average Bonchev–Trinajstić information content (AvgIpc) is 2.74. The topological polar surface area (TPSA) is 52.6 Å². The second kappa shape index (κ2) is 8.21. The van der Waals surface area contributed by atoms with Crippen LogP contribution >= 0.6 is 0 Å². The average molecular weight is 396 g/mol. The van der Waals surface area contributed by atoms with Crippen LogP contribution in [0.4, 0.5) is 0 Å². The molecule has 0 aromatic heterocycles. The zero-order chi connectivity index (χ0) is 21.1. The first kappa shape index (κ1) is 19.4. The summed E-state index contributed by atoms with van der Waals surface area (Å²) in [4.78, 5) is 22.8. The van der Waals surface area contributed by atoms with Crippen molar-refractivity contribution < 1.29 is 19.1 Å². The summed E-state index contributed by atoms with van der Waals surface area (Å²) in [5.74, 6) is 2.83. The quantitative estimate of drug-likeness (QED) is 0.335. The highest BCUT2D eigenvalue weighted by Crippen LogP contribution is 2.30. The van der Waals surface area contributed by atoms with Crippen LogP contribution in [-0.2, 0) is 0 Å². The van der Waals surface area contributed by atoms with Gasteiger partial charge < -0.3 is 9.47 Å². The van der Waals surface area contributed by atoms with Crippen molar-refractivity contribution in [1.82, 2.24) is 0 Å². The Hall–Kier alpha value is -3.92. The van der Waals surface area contributed by atoms with Gasteiger partial charge in [0, 0.05) is 11.1 Å². The van der Waals surface area contributed by atoms with E-state index in [1.165, 1.54) is 0 Å². The molecule has 0 radical (unpaired) electrons. The number of fused-ring (bicyclic) bond motifs is 1. The molecule has 0 N–H and O–H groups in total. The molecule has 0 saturated heterocycles. The summed E-state index contributed by atoms with van der Waals surface area (Å²) in [5, 5.41) is 2.04. The van der Waals surface area contributed by atoms with Gasteiger partial charge in [0.1, 0.15) is 23.0 Å². The number of carbonyl (C=O) groups excluding carboxylic acids is 2. The zero-order valence-corrected chi connectivity index (χ0v) is 16.7. The molecule has 0 unspecified atom stereocenters. The summed E-state index contributed by atoms with van der Waals surface area (Å²) in [5.41, 5.74) is 1.31. The molecule has 0 saturated carbocycles. The van der Waals surface area contributed by atoms with Crippen LogP contribution < -0.4 is 9.47 Å². The number of Topliss-reactive ketones (excluding diaryl/α,β-unsaturated/α-hetero) is 2. The Balaban J connectivity index is 1.50. The molecule has 4 aromatic carbocycles. The van der Waals surface area contributed by atoms with Gasteiger partial charge in [-0.2, -0.15) is 0 Å². The summed E-state index contributed by atoms with van der Waals surface area (Å²) in [7, 11) is 0. The van der Waals surface area contributed by atoms with Crippen molar-refractivity contribution in [2.24, 2.45) is 0 Å². The van der Waals surface area contributed by atoms with Gasteiger partial charge in [0.25, 0.3) is 0 Å². The summed E-state index contributed by atoms with van der Waals surface area (Å²) in [6.45, 7) is 3.08. The van der Waals surface area contributed by atoms with Crippen molar-refractivity contribution in [3.63, 3.8) is 0 Å². The number of carbonyl (C=O) groups is 2. The molecule has 0 aliphatic rings. The van der Waals surface area contributed by atoms with Gasteiger partial charge in [0.05, 0.1) is 0 Å². The van der Waals surface area contributed by atoms with Crippen LogP contribution in [-0.4, -0.2) is 11.6 Å². The summed E-state index contributed by atoms with van der Waals surface area (Å²) < 4.78 is 11.8. The first-order chi connectivity index (χ1) is 14.5. The fourth-order valence-corrected chi connectivity index (χ4v) is 3.12. The maximum absolute atomic E-state index is 11.4. The van der Waals surface area contributed by atoms with Crippen molar-refractivity contribution >= 4 is 22.3 Å². The van der Waals surface area contributed by atoms with Gasteiger partial charge in [-0.25, -0.2) is 0 Å². The molecular formula is C26H20O4. The van der Waals surface area contributed by atoms with Crippen LogP contribution in [0.3, 0.4) is 0 Å². The van der Waals surface area contributed by atoms with Crippen molar-refractivity contribution in [2.45, 2.75) is 13.8 Å². The molecule has 4 aromatic rings. The van der Waals surface area contributed by atoms with Crippen molar-refractivity contribution in [3.05, 3.63) is 96.1 Å². The molecule has 0 atom stereocenters. The summed E-state index contributed by atoms with van der Waals surface area (Å²) in [6.07, 6.45) is 0. The predicted molar refractivity (Wildman–Crippen MR) is 117 cm³/mol. The molecule has 4 heteroatoms. The number of hydrogen-bond acceptors (Lipinski definition) is 4. The third-order valence-corrected chi connectivity index (χ3v) is 4.78. The van der Waals surface area contributed by atoms with E-state index in [-0.39, 0.29) is 11.6 Å². The lowest BCUT2D eigenvalue weighted by atomic mass is 10.1. The van der Waals surface area contributed by atoms with Crippen molar-refractivity contribution in [3.8, 4) is 23.0 Å². The van der Waals surface area contributed by atoms with Crippen molar-refractivity contribution in [2.75, 3.05) is 0 Å². The highest BCUT2D eigenvalue weighted by Gasteiger charge is 2.05. The Bertz CT molecular complexity index is 1120. The van der Waals surface area contributed by atoms with E-state index in [4.69, 9.17) is 9.47 Å². The molecule has 30 heavy (non-hydrogen) atoms. The van der Waals surface area contributed by atoms with Crippen LogP contribution in [0.5, 0.6) is 23.0 Å². The molecule has 0 amide bonds. The Morgan fingerprint density at radius 2 is 0.833 bits per heavy atom. The van der Waals surface area contributed by atoms with Crippen LogP contribution in [0, 0.1) is 0 Å². The minimum atomic E-state index is 0.0278. The Morgan fingerprint density at radius 3 is 1.17 bits per heavy atom. The SMILES string of the molecule is CC(=O)c1ccc(Oc2ccc3cc(Oc4ccc(C(C)=O)cc4)ccc3c2)cc1. The van der Waals surface area contributed by atoms with E-state index >= 15 is 0 Å². The Morgan fingerprint density at radius 1 is 0.500 bits per heavy atom. The number of ether oxygens (including phenoxy) is 2. The second-order valence-corrected chi connectivity index (χ2v) is 7.04. The van der Waals surface area contributed by atoms with E-state index in [1.807, 2.05) is 36.4 Å². The smallest absolute Gasteiger partial charge is 0.159 e. The lowest BCUT2D eigenvalue weighted by Gasteiger charge is -2.10. The maximum atomic E-state index is 11.4. The first-order valence-electron chi connectivity index (χ1n) is 9.59. The number of benzene rings is 4. The minimum Gasteiger partial charge on any atom is -0.457 e. The predicted octanol–water partition coefficient (Wildman–Crippen LogP) is 6.83. The minimum absolute atomic E-state index is 0.0278. The fraction of sp³-hybridized carbons (Fsp3) is 0.0769. The van der Waals surface area contributed by atoms with Crippen LogP contribution in [0.15, 0.2) is 84.9 Å². The molecule has 0 heterocycles. The molecule has 4 nitrogen and oxygen atoms in total. The van der Waals surface area contributed by atoms with Crippen LogP contribution in [0.2, 0.25) is 0 Å². The number of ketones is 2. The molecule has 0 aliphatic heterocycles. The Labute approximate surface area is 174 Å². The van der Waals surface area contributed by atoms with Crippen molar-refractivity contribution in [1.29, 1.82) is 0 Å². The monoisotopic (exact) mass is 396 g/mol. The van der Waals surface area contributed by atoms with Gasteiger partial charge in [-0.1, -0.05) is 12.1 Å². The van der Waals surface area contributed by atoms with Crippen LogP contribution in [0.25, 0.3) is 10.8 Å². The Kier molecular flexibility index (Phi) is 5.31. The van der Waals surface area contributed by atoms with Gasteiger partial charge in [-0.3, -0.25) is 9.59 Å². The molecule has 0 fully saturated rings. The molecule has 0 spiro atoms. The highest BCUT2D eigenvalue weighted by molar-refractivity contribution is 5.94. The summed E-state index contributed by atoms with van der Waals surface area (Å²) in [6, 6.07) is 25.8. The summed E-state index contributed by atoms with van der Waals surface area (Å²) >= 11 is 0. The van der Waals surface area contributed by atoms with Gasteiger partial charge in [0.2, 0.25) is 0 Å². The van der Waals surface area contributed by atoms with E-state index in [0.29, 0.717) is 34.1 Å². The van der Waals surface area contributed by atoms with E-state index < -0.39 is 0 Å². The van der Waals surface area contributed by atoms with Gasteiger partial charge in [-0.15, -0.1) is 0 Å². The van der Waals surface area contributed by atoms with Gasteiger partial charge in [-0.05, 0) is 97.4 Å². The fourth-order valence-electron chi connectivity index (χ4n) is 3.12. The number of rotatable bonds is 6. The molecule has 0 aliphatic carbocycles. The molecule has 0 bridgehead atoms. The molecular weight excluding hydrogens is 376 g/mol. The van der Waals surface area contributed by atoms with Gasteiger partial charge >= 0.3 is 0 Å². The molecule has 148 valence electrons. The molecule has 4 rings (SSSR count). The first-order valence-corrected chi connectivity index (χ1v) is 9.59. The van der Waals surface area contributed by atoms with E-state index in [1.54, 1.807) is 62.4 Å². The normalized spacial score (nSPS) is 10.6.